The van der Waals surface area contributed by atoms with Crippen molar-refractivity contribution in [1.82, 2.24) is 4.90 Å². The highest BCUT2D eigenvalue weighted by Gasteiger charge is 2.42. The first-order valence-corrected chi connectivity index (χ1v) is 8.67. The number of hydrogen-bond acceptors (Lipinski definition) is 3. The van der Waals surface area contributed by atoms with Crippen molar-refractivity contribution in [3.05, 3.63) is 35.4 Å². The summed E-state index contributed by atoms with van der Waals surface area (Å²) in [5.74, 6) is 0.0882. The van der Waals surface area contributed by atoms with Crippen LogP contribution >= 0.6 is 0 Å². The fourth-order valence-corrected chi connectivity index (χ4v) is 3.81. The minimum Gasteiger partial charge on any atom is -0.466 e. The Balaban J connectivity index is 1.74. The summed E-state index contributed by atoms with van der Waals surface area (Å²) < 4.78 is 5.31. The van der Waals surface area contributed by atoms with Crippen LogP contribution in [0.1, 0.15) is 50.2 Å². The molecule has 0 heterocycles. The molecule has 2 saturated carbocycles. The Kier molecular flexibility index (Phi) is 4.82. The Morgan fingerprint density at radius 1 is 1.27 bits per heavy atom. The van der Waals surface area contributed by atoms with E-state index in [-0.39, 0.29) is 11.9 Å². The molecule has 2 aliphatic carbocycles. The lowest BCUT2D eigenvalue weighted by Gasteiger charge is -2.32. The average molecular weight is 301 g/mol. The van der Waals surface area contributed by atoms with Crippen molar-refractivity contribution in [1.29, 1.82) is 0 Å². The van der Waals surface area contributed by atoms with Crippen LogP contribution in [-0.2, 0) is 16.1 Å². The van der Waals surface area contributed by atoms with Crippen molar-refractivity contribution in [2.75, 3.05) is 6.61 Å². The summed E-state index contributed by atoms with van der Waals surface area (Å²) >= 11 is 0. The number of esters is 1. The smallest absolute Gasteiger partial charge is 0.310 e. The van der Waals surface area contributed by atoms with Gasteiger partial charge in [0.2, 0.25) is 0 Å². The number of aryl methyl sites for hydroxylation is 1. The van der Waals surface area contributed by atoms with Crippen LogP contribution in [0.5, 0.6) is 0 Å². The van der Waals surface area contributed by atoms with E-state index in [4.69, 9.17) is 4.74 Å². The summed E-state index contributed by atoms with van der Waals surface area (Å²) in [6, 6.07) is 9.78. The maximum absolute atomic E-state index is 12.3. The molecular formula is C19H27NO2. The molecule has 3 nitrogen and oxygen atoms in total. The van der Waals surface area contributed by atoms with Crippen molar-refractivity contribution >= 4 is 5.97 Å². The van der Waals surface area contributed by atoms with E-state index < -0.39 is 0 Å². The van der Waals surface area contributed by atoms with E-state index >= 15 is 0 Å². The predicted molar refractivity (Wildman–Crippen MR) is 87.5 cm³/mol. The van der Waals surface area contributed by atoms with Crippen LogP contribution in [0.4, 0.5) is 0 Å². The quantitative estimate of drug-likeness (QED) is 0.751. The van der Waals surface area contributed by atoms with Gasteiger partial charge in [0, 0.05) is 18.6 Å². The molecule has 22 heavy (non-hydrogen) atoms. The number of carbonyl (C=O) groups is 1. The number of ether oxygens (including phenoxy) is 1. The van der Waals surface area contributed by atoms with Gasteiger partial charge in [-0.3, -0.25) is 9.69 Å². The molecule has 0 bridgehead atoms. The molecule has 0 N–H and O–H groups in total. The number of carbonyl (C=O) groups excluding carboxylic acids is 1. The number of benzene rings is 1. The van der Waals surface area contributed by atoms with E-state index in [2.05, 4.69) is 36.1 Å². The zero-order valence-corrected chi connectivity index (χ0v) is 13.8. The largest absolute Gasteiger partial charge is 0.466 e. The summed E-state index contributed by atoms with van der Waals surface area (Å²) in [5.41, 5.74) is 2.67. The van der Waals surface area contributed by atoms with Gasteiger partial charge in [0.25, 0.3) is 0 Å². The van der Waals surface area contributed by atoms with E-state index in [1.807, 2.05) is 6.92 Å². The zero-order chi connectivity index (χ0) is 15.5. The zero-order valence-electron chi connectivity index (χ0n) is 13.8. The Hall–Kier alpha value is -1.35. The van der Waals surface area contributed by atoms with Crippen LogP contribution in [0.3, 0.4) is 0 Å². The van der Waals surface area contributed by atoms with E-state index in [0.29, 0.717) is 18.7 Å². The first kappa shape index (κ1) is 15.5. The van der Waals surface area contributed by atoms with E-state index in [0.717, 1.165) is 25.8 Å². The summed E-state index contributed by atoms with van der Waals surface area (Å²) in [5, 5.41) is 0. The molecule has 2 fully saturated rings. The summed E-state index contributed by atoms with van der Waals surface area (Å²) in [6.07, 6.45) is 5.81. The first-order valence-electron chi connectivity index (χ1n) is 8.67. The van der Waals surface area contributed by atoms with Crippen molar-refractivity contribution in [2.24, 2.45) is 5.92 Å². The molecule has 3 heteroatoms. The molecular weight excluding hydrogens is 274 g/mol. The van der Waals surface area contributed by atoms with Crippen molar-refractivity contribution in [3.8, 4) is 0 Å². The third-order valence-electron chi connectivity index (χ3n) is 4.96. The SMILES string of the molecule is CCOC(=O)C1CCCC1N(Cc1cccc(C)c1)C1CC1. The molecule has 0 radical (unpaired) electrons. The van der Waals surface area contributed by atoms with E-state index in [9.17, 15) is 4.79 Å². The van der Waals surface area contributed by atoms with Gasteiger partial charge in [0.05, 0.1) is 12.5 Å². The minimum absolute atomic E-state index is 0.0138. The molecule has 1 aromatic rings. The fraction of sp³-hybridized carbons (Fsp3) is 0.632. The van der Waals surface area contributed by atoms with Gasteiger partial charge in [-0.2, -0.15) is 0 Å². The van der Waals surface area contributed by atoms with Gasteiger partial charge in [0.1, 0.15) is 0 Å². The summed E-state index contributed by atoms with van der Waals surface area (Å²) in [7, 11) is 0. The van der Waals surface area contributed by atoms with Crippen LogP contribution in [0.25, 0.3) is 0 Å². The topological polar surface area (TPSA) is 29.5 Å². The van der Waals surface area contributed by atoms with Gasteiger partial charge >= 0.3 is 5.97 Å². The first-order chi connectivity index (χ1) is 10.7. The van der Waals surface area contributed by atoms with Gasteiger partial charge in [-0.05, 0) is 45.1 Å². The van der Waals surface area contributed by atoms with Crippen LogP contribution in [0, 0.1) is 12.8 Å². The second-order valence-corrected chi connectivity index (χ2v) is 6.75. The maximum Gasteiger partial charge on any atom is 0.310 e. The lowest BCUT2D eigenvalue weighted by Crippen LogP contribution is -2.42. The van der Waals surface area contributed by atoms with Gasteiger partial charge in [0.15, 0.2) is 0 Å². The Morgan fingerprint density at radius 2 is 2.09 bits per heavy atom. The molecule has 3 rings (SSSR count). The average Bonchev–Trinajstić information content (AvgIpc) is 3.21. The van der Waals surface area contributed by atoms with Crippen LogP contribution in [0.2, 0.25) is 0 Å². The highest BCUT2D eigenvalue weighted by Crippen LogP contribution is 2.39. The van der Waals surface area contributed by atoms with E-state index in [1.165, 1.54) is 24.0 Å². The van der Waals surface area contributed by atoms with Crippen molar-refractivity contribution < 1.29 is 9.53 Å². The summed E-state index contributed by atoms with van der Waals surface area (Å²) in [6.45, 7) is 5.49. The highest BCUT2D eigenvalue weighted by atomic mass is 16.5. The van der Waals surface area contributed by atoms with Crippen LogP contribution in [-0.4, -0.2) is 29.6 Å². The molecule has 2 aliphatic rings. The Bertz CT molecular complexity index is 524. The lowest BCUT2D eigenvalue weighted by atomic mass is 10.0. The van der Waals surface area contributed by atoms with Gasteiger partial charge in [-0.1, -0.05) is 36.2 Å². The number of rotatable bonds is 6. The number of nitrogens with zero attached hydrogens (tertiary/aromatic N) is 1. The molecule has 120 valence electrons. The lowest BCUT2D eigenvalue weighted by molar-refractivity contribution is -0.150. The molecule has 2 atom stereocenters. The molecule has 0 aliphatic heterocycles. The van der Waals surface area contributed by atoms with Gasteiger partial charge in [-0.25, -0.2) is 0 Å². The predicted octanol–water partition coefficient (Wildman–Crippen LogP) is 3.69. The maximum atomic E-state index is 12.3. The monoisotopic (exact) mass is 301 g/mol. The molecule has 1 aromatic carbocycles. The molecule has 0 saturated heterocycles. The molecule has 0 spiro atoms. The number of hydrogen-bond donors (Lipinski definition) is 0. The van der Waals surface area contributed by atoms with E-state index in [1.54, 1.807) is 0 Å². The fourth-order valence-electron chi connectivity index (χ4n) is 3.81. The third kappa shape index (κ3) is 3.52. The second-order valence-electron chi connectivity index (χ2n) is 6.75. The normalized spacial score (nSPS) is 24.7. The van der Waals surface area contributed by atoms with Gasteiger partial charge < -0.3 is 4.74 Å². The van der Waals surface area contributed by atoms with Gasteiger partial charge in [-0.15, -0.1) is 0 Å². The summed E-state index contributed by atoms with van der Waals surface area (Å²) in [4.78, 5) is 14.8. The second kappa shape index (κ2) is 6.82. The Morgan fingerprint density at radius 3 is 2.77 bits per heavy atom. The standard InChI is InChI=1S/C19H27NO2/c1-3-22-19(21)17-8-5-9-18(17)20(16-10-11-16)13-15-7-4-6-14(2)12-15/h4,6-7,12,16-18H,3,5,8-11,13H2,1-2H3. The molecule has 2 unspecified atom stereocenters. The molecule has 0 amide bonds. The van der Waals surface area contributed by atoms with Crippen LogP contribution < -0.4 is 0 Å². The molecule has 0 aromatic heterocycles. The third-order valence-corrected chi connectivity index (χ3v) is 4.96. The van der Waals surface area contributed by atoms with Crippen LogP contribution in [0.15, 0.2) is 24.3 Å². The highest BCUT2D eigenvalue weighted by molar-refractivity contribution is 5.73. The van der Waals surface area contributed by atoms with Crippen molar-refractivity contribution in [2.45, 2.75) is 64.6 Å². The Labute approximate surface area is 133 Å². The minimum atomic E-state index is 0.0138. The van der Waals surface area contributed by atoms with Crippen molar-refractivity contribution in [3.63, 3.8) is 0 Å².